The van der Waals surface area contributed by atoms with Gasteiger partial charge < -0.3 is 9.47 Å². The number of benzene rings is 2. The van der Waals surface area contributed by atoms with Crippen molar-refractivity contribution in [2.45, 2.75) is 39.8 Å². The first kappa shape index (κ1) is 27.6. The van der Waals surface area contributed by atoms with Crippen molar-refractivity contribution in [3.63, 3.8) is 0 Å². The molecule has 0 aliphatic rings. The van der Waals surface area contributed by atoms with Crippen molar-refractivity contribution in [1.82, 2.24) is 19.6 Å². The maximum atomic E-state index is 14.2. The third-order valence-electron chi connectivity index (χ3n) is 5.94. The van der Waals surface area contributed by atoms with Crippen LogP contribution in [0, 0.1) is 24.4 Å². The predicted octanol–water partition coefficient (Wildman–Crippen LogP) is 4.87. The van der Waals surface area contributed by atoms with Gasteiger partial charge in [-0.05, 0) is 62.6 Å². The van der Waals surface area contributed by atoms with Gasteiger partial charge in [0.15, 0.2) is 23.0 Å². The second-order valence-electron chi connectivity index (χ2n) is 8.81. The highest BCUT2D eigenvalue weighted by Crippen LogP contribution is 2.15. The summed E-state index contributed by atoms with van der Waals surface area (Å²) in [4.78, 5) is 24.8. The predicted molar refractivity (Wildman–Crippen MR) is 135 cm³/mol. The maximum Gasteiger partial charge on any atom is 0.358 e. The molecule has 0 aliphatic carbocycles. The van der Waals surface area contributed by atoms with E-state index in [9.17, 15) is 22.8 Å². The second-order valence-corrected chi connectivity index (χ2v) is 8.81. The van der Waals surface area contributed by atoms with Gasteiger partial charge in [-0.1, -0.05) is 24.3 Å². The van der Waals surface area contributed by atoms with E-state index in [0.29, 0.717) is 35.4 Å². The van der Waals surface area contributed by atoms with E-state index in [0.717, 1.165) is 12.1 Å². The lowest BCUT2D eigenvalue weighted by Crippen LogP contribution is -2.12. The van der Waals surface area contributed by atoms with Crippen LogP contribution in [0.4, 0.5) is 13.2 Å². The number of ether oxygens (including phenoxy) is 2. The van der Waals surface area contributed by atoms with E-state index in [1.54, 1.807) is 44.2 Å². The lowest BCUT2D eigenvalue weighted by molar-refractivity contribution is 0.0489. The van der Waals surface area contributed by atoms with Crippen molar-refractivity contribution in [3.05, 3.63) is 106 Å². The Bertz CT molecular complexity index is 1480. The van der Waals surface area contributed by atoms with Crippen LogP contribution in [-0.2, 0) is 29.0 Å². The van der Waals surface area contributed by atoms with Gasteiger partial charge in [0.25, 0.3) is 0 Å². The smallest absolute Gasteiger partial charge is 0.358 e. The van der Waals surface area contributed by atoms with Gasteiger partial charge in [-0.3, -0.25) is 9.36 Å². The zero-order valence-corrected chi connectivity index (χ0v) is 21.5. The number of esters is 2. The SMILES string of the molecule is CCOC(=O)c1cc(CCCOC(=O)c2cc(C)n(Cc3ccc(F)c(F)c3)n2)n(Cc2ccccc2F)n1. The molecule has 4 aromatic rings. The highest BCUT2D eigenvalue weighted by molar-refractivity contribution is 5.87. The summed E-state index contributed by atoms with van der Waals surface area (Å²) >= 11 is 0. The monoisotopic (exact) mass is 540 g/mol. The van der Waals surface area contributed by atoms with Gasteiger partial charge in [-0.25, -0.2) is 22.8 Å². The van der Waals surface area contributed by atoms with E-state index >= 15 is 0 Å². The van der Waals surface area contributed by atoms with Crippen LogP contribution in [0.25, 0.3) is 0 Å². The molecule has 0 atom stereocenters. The molecule has 0 fully saturated rings. The number of halogens is 3. The summed E-state index contributed by atoms with van der Waals surface area (Å²) in [6.07, 6.45) is 0.809. The zero-order valence-electron chi connectivity index (χ0n) is 21.5. The quantitative estimate of drug-likeness (QED) is 0.199. The third kappa shape index (κ3) is 6.92. The first-order valence-electron chi connectivity index (χ1n) is 12.4. The summed E-state index contributed by atoms with van der Waals surface area (Å²) < 4.78 is 54.3. The Morgan fingerprint density at radius 2 is 1.54 bits per heavy atom. The fourth-order valence-corrected chi connectivity index (χ4v) is 3.96. The third-order valence-corrected chi connectivity index (χ3v) is 5.94. The standard InChI is InChI=1S/C28H27F3N4O4/c1-3-38-27(36)26-15-21(35(33-26)17-20-7-4-5-9-22(20)29)8-6-12-39-28(37)25-13-18(2)34(32-25)16-19-10-11-23(30)24(31)14-19/h4-5,7,9-11,13-15H,3,6,8,12,16-17H2,1-2H3. The molecule has 2 heterocycles. The first-order valence-corrected chi connectivity index (χ1v) is 12.4. The largest absolute Gasteiger partial charge is 0.461 e. The van der Waals surface area contributed by atoms with Crippen molar-refractivity contribution in [2.24, 2.45) is 0 Å². The summed E-state index contributed by atoms with van der Waals surface area (Å²) in [5.74, 6) is -3.49. The van der Waals surface area contributed by atoms with E-state index < -0.39 is 23.6 Å². The van der Waals surface area contributed by atoms with Gasteiger partial charge in [-0.2, -0.15) is 10.2 Å². The van der Waals surface area contributed by atoms with Gasteiger partial charge in [0, 0.05) is 17.0 Å². The number of hydrogen-bond donors (Lipinski definition) is 0. The zero-order chi connectivity index (χ0) is 27.9. The first-order chi connectivity index (χ1) is 18.7. The molecule has 0 radical (unpaired) electrons. The highest BCUT2D eigenvalue weighted by Gasteiger charge is 2.18. The number of hydrogen-bond acceptors (Lipinski definition) is 6. The van der Waals surface area contributed by atoms with E-state index in [1.165, 1.54) is 21.5 Å². The Labute approximate surface area is 223 Å². The summed E-state index contributed by atoms with van der Waals surface area (Å²) in [5.41, 5.74) is 2.41. The fourth-order valence-electron chi connectivity index (χ4n) is 3.96. The molecule has 0 saturated heterocycles. The van der Waals surface area contributed by atoms with Crippen LogP contribution in [-0.4, -0.2) is 44.7 Å². The van der Waals surface area contributed by atoms with Crippen molar-refractivity contribution in [2.75, 3.05) is 13.2 Å². The molecule has 2 aromatic heterocycles. The molecule has 0 bridgehead atoms. The number of aromatic nitrogens is 4. The average molecular weight is 541 g/mol. The Morgan fingerprint density at radius 3 is 2.28 bits per heavy atom. The lowest BCUT2D eigenvalue weighted by atomic mass is 10.2. The molecule has 0 spiro atoms. The topological polar surface area (TPSA) is 88.2 Å². The molecule has 204 valence electrons. The molecule has 0 saturated carbocycles. The van der Waals surface area contributed by atoms with Crippen molar-refractivity contribution in [3.8, 4) is 0 Å². The van der Waals surface area contributed by atoms with Crippen LogP contribution in [0.15, 0.2) is 54.6 Å². The van der Waals surface area contributed by atoms with Crippen LogP contribution >= 0.6 is 0 Å². The molecule has 0 N–H and O–H groups in total. The van der Waals surface area contributed by atoms with Crippen LogP contribution in [0.1, 0.15) is 56.8 Å². The molecule has 0 amide bonds. The molecule has 11 heteroatoms. The number of aryl methyl sites for hydroxylation is 2. The summed E-state index contributed by atoms with van der Waals surface area (Å²) in [5, 5.41) is 8.52. The van der Waals surface area contributed by atoms with Gasteiger partial charge in [0.05, 0.1) is 26.3 Å². The van der Waals surface area contributed by atoms with Gasteiger partial charge in [0.2, 0.25) is 0 Å². The fraction of sp³-hybridized carbons (Fsp3) is 0.286. The minimum absolute atomic E-state index is 0.0630. The lowest BCUT2D eigenvalue weighted by Gasteiger charge is -2.09. The normalized spacial score (nSPS) is 11.0. The number of carbonyl (C=O) groups is 2. The Morgan fingerprint density at radius 1 is 0.821 bits per heavy atom. The summed E-state index contributed by atoms with van der Waals surface area (Å²) in [6.45, 7) is 3.97. The van der Waals surface area contributed by atoms with Crippen molar-refractivity contribution >= 4 is 11.9 Å². The molecule has 2 aromatic carbocycles. The maximum absolute atomic E-state index is 14.2. The Balaban J connectivity index is 1.37. The van der Waals surface area contributed by atoms with Gasteiger partial charge in [0.1, 0.15) is 5.82 Å². The van der Waals surface area contributed by atoms with Crippen molar-refractivity contribution in [1.29, 1.82) is 0 Å². The molecule has 0 unspecified atom stereocenters. The minimum Gasteiger partial charge on any atom is -0.461 e. The molecular weight excluding hydrogens is 513 g/mol. The van der Waals surface area contributed by atoms with Gasteiger partial charge >= 0.3 is 11.9 Å². The van der Waals surface area contributed by atoms with Crippen molar-refractivity contribution < 1.29 is 32.2 Å². The molecule has 39 heavy (non-hydrogen) atoms. The van der Waals surface area contributed by atoms with E-state index in [1.807, 2.05) is 0 Å². The molecule has 4 rings (SSSR count). The second kappa shape index (κ2) is 12.4. The van der Waals surface area contributed by atoms with E-state index in [2.05, 4.69) is 10.2 Å². The van der Waals surface area contributed by atoms with Crippen LogP contribution in [0.3, 0.4) is 0 Å². The van der Waals surface area contributed by atoms with Crippen LogP contribution in [0.2, 0.25) is 0 Å². The minimum atomic E-state index is -0.957. The average Bonchev–Trinajstić information content (AvgIpc) is 3.48. The van der Waals surface area contributed by atoms with Crippen LogP contribution in [0.5, 0.6) is 0 Å². The summed E-state index contributed by atoms with van der Waals surface area (Å²) in [6, 6.07) is 13.0. The molecule has 8 nitrogen and oxygen atoms in total. The Kier molecular flexibility index (Phi) is 8.80. The summed E-state index contributed by atoms with van der Waals surface area (Å²) in [7, 11) is 0. The Hall–Kier alpha value is -4.41. The van der Waals surface area contributed by atoms with Gasteiger partial charge in [-0.15, -0.1) is 0 Å². The number of nitrogens with zero attached hydrogens (tertiary/aromatic N) is 4. The van der Waals surface area contributed by atoms with Crippen LogP contribution < -0.4 is 0 Å². The van der Waals surface area contributed by atoms with E-state index in [-0.39, 0.29) is 43.5 Å². The number of rotatable bonds is 11. The number of carbonyl (C=O) groups excluding carboxylic acids is 2. The molecule has 0 aliphatic heterocycles. The highest BCUT2D eigenvalue weighted by atomic mass is 19.2. The molecular formula is C28H27F3N4O4. The van der Waals surface area contributed by atoms with E-state index in [4.69, 9.17) is 9.47 Å².